The Balaban J connectivity index is 1.84. The smallest absolute Gasteiger partial charge is 0.325 e. The number of carbonyl (C=O) groups is 2. The number of sulfonamides is 1. The average Bonchev–Trinajstić information content (AvgIpc) is 2.86. The van der Waals surface area contributed by atoms with Crippen LogP contribution in [0.5, 0.6) is 0 Å². The van der Waals surface area contributed by atoms with Crippen molar-refractivity contribution in [3.63, 3.8) is 0 Å². The van der Waals surface area contributed by atoms with E-state index in [4.69, 9.17) is 4.74 Å². The van der Waals surface area contributed by atoms with Gasteiger partial charge in [0, 0.05) is 24.7 Å². The fraction of sp³-hybridized carbons (Fsp3) is 0.167. The highest BCUT2D eigenvalue weighted by Crippen LogP contribution is 2.22. The Hall–Kier alpha value is -3.89. The number of nitrogens with zero attached hydrogens (tertiary/aromatic N) is 2. The summed E-state index contributed by atoms with van der Waals surface area (Å²) >= 11 is 0. The first kappa shape index (κ1) is 24.7. The highest BCUT2D eigenvalue weighted by molar-refractivity contribution is 7.89. The molecule has 0 spiro atoms. The van der Waals surface area contributed by atoms with Gasteiger partial charge in [0.2, 0.25) is 10.0 Å². The zero-order valence-electron chi connectivity index (χ0n) is 18.2. The summed E-state index contributed by atoms with van der Waals surface area (Å²) in [5.74, 6) is -1.31. The molecule has 0 aliphatic rings. The number of rotatable bonds is 10. The number of hydrogen-bond donors (Lipinski definition) is 0. The van der Waals surface area contributed by atoms with Crippen LogP contribution in [0.15, 0.2) is 89.8 Å². The molecule has 1 atom stereocenters. The normalized spacial score (nSPS) is 12.2. The maximum Gasteiger partial charge on any atom is 0.325 e. The number of nitro groups is 1. The molecule has 0 saturated carbocycles. The van der Waals surface area contributed by atoms with E-state index < -0.39 is 39.3 Å². The standard InChI is InChI=1S/C24H22N2O7S/c1-25(34(31,32)21-14-12-20(13-15-21)26(29)30)22(16-18-8-4-2-5-9-18)24(28)33-17-23(27)19-10-6-3-7-11-19/h2-15,22H,16-17H2,1H3/t22-/m0/s1. The molecule has 0 amide bonds. The number of hydrogen-bond acceptors (Lipinski definition) is 7. The van der Waals surface area contributed by atoms with E-state index in [-0.39, 0.29) is 17.0 Å². The fourth-order valence-electron chi connectivity index (χ4n) is 3.21. The molecule has 0 radical (unpaired) electrons. The van der Waals surface area contributed by atoms with E-state index in [1.165, 1.54) is 7.05 Å². The van der Waals surface area contributed by atoms with E-state index >= 15 is 0 Å². The molecule has 0 fully saturated rings. The van der Waals surface area contributed by atoms with E-state index in [0.29, 0.717) is 11.1 Å². The largest absolute Gasteiger partial charge is 0.456 e. The number of carbonyl (C=O) groups excluding carboxylic acids is 2. The van der Waals surface area contributed by atoms with Crippen molar-refractivity contribution in [3.8, 4) is 0 Å². The molecule has 34 heavy (non-hydrogen) atoms. The second-order valence-corrected chi connectivity index (χ2v) is 9.37. The Morgan fingerprint density at radius 3 is 2.06 bits per heavy atom. The van der Waals surface area contributed by atoms with Crippen molar-refractivity contribution in [2.24, 2.45) is 0 Å². The number of nitro benzene ring substituents is 1. The van der Waals surface area contributed by atoms with Crippen molar-refractivity contribution in [1.82, 2.24) is 4.31 Å². The Labute approximate surface area is 196 Å². The first-order valence-electron chi connectivity index (χ1n) is 10.2. The molecule has 0 unspecified atom stereocenters. The van der Waals surface area contributed by atoms with Gasteiger partial charge in [0.1, 0.15) is 6.04 Å². The molecule has 0 N–H and O–H groups in total. The molecule has 0 saturated heterocycles. The van der Waals surface area contributed by atoms with Gasteiger partial charge in [-0.15, -0.1) is 0 Å². The lowest BCUT2D eigenvalue weighted by atomic mass is 10.1. The zero-order chi connectivity index (χ0) is 24.7. The van der Waals surface area contributed by atoms with Crippen molar-refractivity contribution in [2.75, 3.05) is 13.7 Å². The summed E-state index contributed by atoms with van der Waals surface area (Å²) in [6.07, 6.45) is 0.00190. The lowest BCUT2D eigenvalue weighted by molar-refractivity contribution is -0.384. The Bertz CT molecular complexity index is 1260. The van der Waals surface area contributed by atoms with Crippen LogP contribution in [0, 0.1) is 10.1 Å². The van der Waals surface area contributed by atoms with Gasteiger partial charge in [0.25, 0.3) is 5.69 Å². The van der Waals surface area contributed by atoms with E-state index in [1.807, 2.05) is 0 Å². The van der Waals surface area contributed by atoms with E-state index in [2.05, 4.69) is 0 Å². The quantitative estimate of drug-likeness (QED) is 0.188. The SMILES string of the molecule is CN([C@@H](Cc1ccccc1)C(=O)OCC(=O)c1ccccc1)S(=O)(=O)c1ccc([N+](=O)[O-])cc1. The average molecular weight is 483 g/mol. The van der Waals surface area contributed by atoms with Crippen molar-refractivity contribution >= 4 is 27.5 Å². The summed E-state index contributed by atoms with van der Waals surface area (Å²) in [5.41, 5.74) is 0.785. The predicted octanol–water partition coefficient (Wildman–Crippen LogP) is 3.25. The molecule has 3 aromatic rings. The molecule has 3 aromatic carbocycles. The number of ether oxygens (including phenoxy) is 1. The van der Waals surface area contributed by atoms with Crippen molar-refractivity contribution in [1.29, 1.82) is 0 Å². The first-order valence-corrected chi connectivity index (χ1v) is 11.7. The zero-order valence-corrected chi connectivity index (χ0v) is 19.1. The maximum atomic E-state index is 13.2. The minimum Gasteiger partial charge on any atom is -0.456 e. The van der Waals surface area contributed by atoms with Crippen molar-refractivity contribution in [2.45, 2.75) is 17.4 Å². The van der Waals surface area contributed by atoms with E-state index in [9.17, 15) is 28.1 Å². The predicted molar refractivity (Wildman–Crippen MR) is 124 cm³/mol. The van der Waals surface area contributed by atoms with E-state index in [0.717, 1.165) is 28.6 Å². The minimum absolute atomic E-state index is 0.00190. The van der Waals surface area contributed by atoms with Crippen molar-refractivity contribution in [3.05, 3.63) is 106 Å². The van der Waals surface area contributed by atoms with Crippen LogP contribution in [0.3, 0.4) is 0 Å². The van der Waals surface area contributed by atoms with Crippen LogP contribution in [-0.4, -0.2) is 49.1 Å². The number of likely N-dealkylation sites (N-methyl/N-ethyl adjacent to an activating group) is 1. The molecule has 0 aliphatic carbocycles. The number of Topliss-reactive ketones (excluding diaryl/α,β-unsaturated/α-hetero) is 1. The topological polar surface area (TPSA) is 124 Å². The third kappa shape index (κ3) is 5.91. The number of ketones is 1. The molecule has 9 nitrogen and oxygen atoms in total. The summed E-state index contributed by atoms with van der Waals surface area (Å²) in [6.45, 7) is -0.542. The monoisotopic (exact) mass is 482 g/mol. The second-order valence-electron chi connectivity index (χ2n) is 7.37. The van der Waals surface area contributed by atoms with Crippen LogP contribution >= 0.6 is 0 Å². The number of esters is 1. The molecule has 0 heterocycles. The van der Waals surface area contributed by atoms with Crippen LogP contribution < -0.4 is 0 Å². The third-order valence-corrected chi connectivity index (χ3v) is 7.03. The van der Waals surface area contributed by atoms with Gasteiger partial charge in [-0.25, -0.2) is 8.42 Å². The summed E-state index contributed by atoms with van der Waals surface area (Å²) in [4.78, 5) is 35.3. The fourth-order valence-corrected chi connectivity index (χ4v) is 4.52. The highest BCUT2D eigenvalue weighted by atomic mass is 32.2. The summed E-state index contributed by atoms with van der Waals surface area (Å²) in [7, 11) is -2.98. The second kappa shape index (κ2) is 10.8. The minimum atomic E-state index is -4.21. The van der Waals surface area contributed by atoms with E-state index in [1.54, 1.807) is 60.7 Å². The van der Waals surface area contributed by atoms with Gasteiger partial charge in [-0.2, -0.15) is 4.31 Å². The lowest BCUT2D eigenvalue weighted by Gasteiger charge is -2.26. The molecule has 10 heteroatoms. The molecular formula is C24H22N2O7S. The van der Waals surface area contributed by atoms with Crippen LogP contribution in [0.25, 0.3) is 0 Å². The Morgan fingerprint density at radius 2 is 1.50 bits per heavy atom. The van der Waals surface area contributed by atoms with Crippen LogP contribution in [0.1, 0.15) is 15.9 Å². The third-order valence-electron chi connectivity index (χ3n) is 5.15. The van der Waals surface area contributed by atoms with Crippen LogP contribution in [0.2, 0.25) is 0 Å². The summed E-state index contributed by atoms with van der Waals surface area (Å²) in [6, 6.07) is 20.1. The van der Waals surface area contributed by atoms with Gasteiger partial charge in [0.05, 0.1) is 9.82 Å². The number of non-ortho nitro benzene ring substituents is 1. The lowest BCUT2D eigenvalue weighted by Crippen LogP contribution is -2.45. The molecule has 0 aromatic heterocycles. The van der Waals surface area contributed by atoms with Gasteiger partial charge in [0.15, 0.2) is 12.4 Å². The molecular weight excluding hydrogens is 460 g/mol. The maximum absolute atomic E-state index is 13.2. The van der Waals surface area contributed by atoms with Crippen molar-refractivity contribution < 1.29 is 27.7 Å². The summed E-state index contributed by atoms with van der Waals surface area (Å²) in [5, 5.41) is 10.9. The molecule has 0 bridgehead atoms. The Morgan fingerprint density at radius 1 is 0.941 bits per heavy atom. The van der Waals surface area contributed by atoms with Gasteiger partial charge in [-0.1, -0.05) is 60.7 Å². The van der Waals surface area contributed by atoms with Gasteiger partial charge in [-0.05, 0) is 24.1 Å². The Kier molecular flexibility index (Phi) is 7.87. The van der Waals surface area contributed by atoms with Gasteiger partial charge < -0.3 is 4.74 Å². The molecule has 176 valence electrons. The highest BCUT2D eigenvalue weighted by Gasteiger charge is 2.34. The van der Waals surface area contributed by atoms with Crippen LogP contribution in [0.4, 0.5) is 5.69 Å². The first-order chi connectivity index (χ1) is 16.2. The van der Waals surface area contributed by atoms with Gasteiger partial charge >= 0.3 is 5.97 Å². The van der Waals surface area contributed by atoms with Crippen LogP contribution in [-0.2, 0) is 26.0 Å². The summed E-state index contributed by atoms with van der Waals surface area (Å²) < 4.78 is 32.4. The number of benzene rings is 3. The molecule has 0 aliphatic heterocycles. The van der Waals surface area contributed by atoms with Gasteiger partial charge in [-0.3, -0.25) is 19.7 Å². The molecule has 3 rings (SSSR count).